The SMILES string of the molecule is CCOc1ccc2nc(N(Cc3ccccc3)C(=O)CS(=O)(=O)Cc3ccccc3)sc2c1. The van der Waals surface area contributed by atoms with Crippen molar-refractivity contribution in [2.75, 3.05) is 17.3 Å². The molecule has 0 unspecified atom stereocenters. The third-order valence-electron chi connectivity index (χ3n) is 4.95. The molecule has 1 aromatic heterocycles. The lowest BCUT2D eigenvalue weighted by molar-refractivity contribution is -0.116. The van der Waals surface area contributed by atoms with Gasteiger partial charge in [-0.15, -0.1) is 0 Å². The zero-order valence-corrected chi connectivity index (χ0v) is 19.8. The predicted octanol–water partition coefficient (Wildman–Crippen LogP) is 4.84. The van der Waals surface area contributed by atoms with Crippen LogP contribution < -0.4 is 9.64 Å². The molecule has 0 bridgehead atoms. The van der Waals surface area contributed by atoms with E-state index in [2.05, 4.69) is 4.98 Å². The van der Waals surface area contributed by atoms with E-state index in [1.54, 1.807) is 24.3 Å². The fourth-order valence-corrected chi connectivity index (χ4v) is 5.78. The number of carbonyl (C=O) groups is 1. The number of thiazole rings is 1. The molecule has 8 heteroatoms. The van der Waals surface area contributed by atoms with Crippen molar-refractivity contribution in [1.29, 1.82) is 0 Å². The third-order valence-corrected chi connectivity index (χ3v) is 7.45. The van der Waals surface area contributed by atoms with Gasteiger partial charge < -0.3 is 4.74 Å². The van der Waals surface area contributed by atoms with Crippen molar-refractivity contribution in [3.8, 4) is 5.75 Å². The van der Waals surface area contributed by atoms with Gasteiger partial charge in [0.2, 0.25) is 5.91 Å². The summed E-state index contributed by atoms with van der Waals surface area (Å²) >= 11 is 1.34. The van der Waals surface area contributed by atoms with Crippen molar-refractivity contribution in [2.45, 2.75) is 19.2 Å². The smallest absolute Gasteiger partial charge is 0.244 e. The van der Waals surface area contributed by atoms with E-state index in [1.807, 2.05) is 61.5 Å². The number of rotatable bonds is 9. The summed E-state index contributed by atoms with van der Waals surface area (Å²) in [6.07, 6.45) is 0. The van der Waals surface area contributed by atoms with Crippen LogP contribution in [-0.4, -0.2) is 31.7 Å². The lowest BCUT2D eigenvalue weighted by atomic mass is 10.2. The summed E-state index contributed by atoms with van der Waals surface area (Å²) in [4.78, 5) is 19.4. The molecule has 0 aliphatic rings. The van der Waals surface area contributed by atoms with E-state index in [9.17, 15) is 13.2 Å². The van der Waals surface area contributed by atoms with Crippen molar-refractivity contribution in [3.05, 3.63) is 90.0 Å². The summed E-state index contributed by atoms with van der Waals surface area (Å²) in [5, 5.41) is 0.461. The van der Waals surface area contributed by atoms with Crippen LogP contribution in [0.15, 0.2) is 78.9 Å². The largest absolute Gasteiger partial charge is 0.494 e. The van der Waals surface area contributed by atoms with Gasteiger partial charge in [-0.05, 0) is 36.2 Å². The maximum atomic E-state index is 13.3. The van der Waals surface area contributed by atoms with E-state index in [0.717, 1.165) is 21.5 Å². The highest BCUT2D eigenvalue weighted by Crippen LogP contribution is 2.32. The molecule has 0 saturated heterocycles. The number of nitrogens with zero attached hydrogens (tertiary/aromatic N) is 2. The minimum absolute atomic E-state index is 0.184. The Bertz CT molecular complexity index is 1340. The fourth-order valence-electron chi connectivity index (χ4n) is 3.44. The van der Waals surface area contributed by atoms with Crippen LogP contribution in [0.2, 0.25) is 0 Å². The fraction of sp³-hybridized carbons (Fsp3) is 0.200. The van der Waals surface area contributed by atoms with Gasteiger partial charge >= 0.3 is 0 Å². The average molecular weight is 481 g/mol. The summed E-state index contributed by atoms with van der Waals surface area (Å²) in [5.41, 5.74) is 2.28. The van der Waals surface area contributed by atoms with E-state index < -0.39 is 21.5 Å². The molecule has 170 valence electrons. The van der Waals surface area contributed by atoms with Crippen LogP contribution >= 0.6 is 11.3 Å². The molecule has 0 saturated carbocycles. The summed E-state index contributed by atoms with van der Waals surface area (Å²) in [6.45, 7) is 2.70. The van der Waals surface area contributed by atoms with Crippen molar-refractivity contribution in [1.82, 2.24) is 4.98 Å². The highest BCUT2D eigenvalue weighted by atomic mass is 32.2. The lowest BCUT2D eigenvalue weighted by Gasteiger charge is -2.20. The molecule has 0 aliphatic carbocycles. The van der Waals surface area contributed by atoms with Crippen LogP contribution in [0.1, 0.15) is 18.1 Å². The topological polar surface area (TPSA) is 76.6 Å². The molecular formula is C25H24N2O4S2. The van der Waals surface area contributed by atoms with E-state index in [0.29, 0.717) is 17.3 Å². The Morgan fingerprint density at radius 1 is 0.970 bits per heavy atom. The molecule has 4 rings (SSSR count). The molecule has 0 radical (unpaired) electrons. The molecule has 0 atom stereocenters. The van der Waals surface area contributed by atoms with Gasteiger partial charge in [0.15, 0.2) is 15.0 Å². The highest BCUT2D eigenvalue weighted by Gasteiger charge is 2.26. The minimum Gasteiger partial charge on any atom is -0.494 e. The van der Waals surface area contributed by atoms with E-state index >= 15 is 0 Å². The Labute approximate surface area is 197 Å². The number of hydrogen-bond acceptors (Lipinski definition) is 6. The number of anilines is 1. The summed E-state index contributed by atoms with van der Waals surface area (Å²) in [5.74, 6) is -0.545. The van der Waals surface area contributed by atoms with E-state index in [-0.39, 0.29) is 12.3 Å². The summed E-state index contributed by atoms with van der Waals surface area (Å²) < 4.78 is 32.1. The second-order valence-electron chi connectivity index (χ2n) is 7.54. The van der Waals surface area contributed by atoms with E-state index in [1.165, 1.54) is 16.2 Å². The molecule has 3 aromatic carbocycles. The first-order valence-electron chi connectivity index (χ1n) is 10.6. The van der Waals surface area contributed by atoms with Crippen molar-refractivity contribution in [3.63, 3.8) is 0 Å². The highest BCUT2D eigenvalue weighted by molar-refractivity contribution is 7.91. The molecule has 4 aromatic rings. The number of sulfone groups is 1. The Kier molecular flexibility index (Phi) is 7.05. The molecule has 0 aliphatic heterocycles. The Morgan fingerprint density at radius 3 is 2.30 bits per heavy atom. The normalized spacial score (nSPS) is 11.4. The summed E-state index contributed by atoms with van der Waals surface area (Å²) in [7, 11) is -3.66. The molecule has 6 nitrogen and oxygen atoms in total. The van der Waals surface area contributed by atoms with Gasteiger partial charge in [-0.1, -0.05) is 72.0 Å². The maximum absolute atomic E-state index is 13.3. The monoisotopic (exact) mass is 480 g/mol. The van der Waals surface area contributed by atoms with Crippen LogP contribution in [-0.2, 0) is 26.9 Å². The van der Waals surface area contributed by atoms with Gasteiger partial charge in [0.05, 0.1) is 29.1 Å². The first-order valence-corrected chi connectivity index (χ1v) is 13.2. The number of amides is 1. The van der Waals surface area contributed by atoms with Gasteiger partial charge in [0.1, 0.15) is 11.5 Å². The maximum Gasteiger partial charge on any atom is 0.244 e. The van der Waals surface area contributed by atoms with E-state index in [4.69, 9.17) is 4.74 Å². The van der Waals surface area contributed by atoms with Crippen LogP contribution in [0, 0.1) is 0 Å². The number of fused-ring (bicyclic) bond motifs is 1. The molecule has 33 heavy (non-hydrogen) atoms. The third kappa shape index (κ3) is 5.97. The van der Waals surface area contributed by atoms with Crippen LogP contribution in [0.5, 0.6) is 5.75 Å². The zero-order valence-electron chi connectivity index (χ0n) is 18.2. The number of ether oxygens (including phenoxy) is 1. The predicted molar refractivity (Wildman–Crippen MR) is 132 cm³/mol. The average Bonchev–Trinajstić information content (AvgIpc) is 3.21. The van der Waals surface area contributed by atoms with Crippen LogP contribution in [0.4, 0.5) is 5.13 Å². The van der Waals surface area contributed by atoms with Crippen LogP contribution in [0.3, 0.4) is 0 Å². The quantitative estimate of drug-likeness (QED) is 0.343. The Hall–Kier alpha value is -3.23. The molecule has 0 N–H and O–H groups in total. The van der Waals surface area contributed by atoms with Gasteiger partial charge in [0, 0.05) is 0 Å². The van der Waals surface area contributed by atoms with Crippen molar-refractivity contribution < 1.29 is 17.9 Å². The number of benzene rings is 3. The number of hydrogen-bond donors (Lipinski definition) is 0. The van der Waals surface area contributed by atoms with Gasteiger partial charge in [-0.3, -0.25) is 9.69 Å². The van der Waals surface area contributed by atoms with Crippen molar-refractivity contribution >= 4 is 42.4 Å². The lowest BCUT2D eigenvalue weighted by Crippen LogP contribution is -2.35. The molecule has 0 fully saturated rings. The molecule has 0 spiro atoms. The Balaban J connectivity index is 1.63. The standard InChI is InChI=1S/C25H24N2O4S2/c1-2-31-21-13-14-22-23(15-21)32-25(26-22)27(16-19-9-5-3-6-10-19)24(28)18-33(29,30)17-20-11-7-4-8-12-20/h3-15H,2,16-18H2,1H3. The first kappa shape index (κ1) is 22.9. The second-order valence-corrected chi connectivity index (χ2v) is 10.6. The number of aromatic nitrogens is 1. The van der Waals surface area contributed by atoms with Crippen molar-refractivity contribution in [2.24, 2.45) is 0 Å². The second kappa shape index (κ2) is 10.1. The van der Waals surface area contributed by atoms with Gasteiger partial charge in [-0.2, -0.15) is 0 Å². The Morgan fingerprint density at radius 2 is 1.64 bits per heavy atom. The molecular weight excluding hydrogens is 456 g/mol. The zero-order chi connectivity index (χ0) is 23.3. The first-order chi connectivity index (χ1) is 15.9. The molecule has 1 heterocycles. The summed E-state index contributed by atoms with van der Waals surface area (Å²) in [6, 6.07) is 23.9. The number of carbonyl (C=O) groups excluding carboxylic acids is 1. The minimum atomic E-state index is -3.66. The van der Waals surface area contributed by atoms with Gasteiger partial charge in [-0.25, -0.2) is 13.4 Å². The molecule has 1 amide bonds. The van der Waals surface area contributed by atoms with Crippen LogP contribution in [0.25, 0.3) is 10.2 Å². The van der Waals surface area contributed by atoms with Gasteiger partial charge in [0.25, 0.3) is 0 Å².